The molecule has 5 heteroatoms. The first kappa shape index (κ1) is 19.0. The van der Waals surface area contributed by atoms with Gasteiger partial charge in [-0.1, -0.05) is 102 Å². The van der Waals surface area contributed by atoms with Crippen LogP contribution >= 0.6 is 11.3 Å². The smallest absolute Gasteiger partial charge is 0.227 e. The van der Waals surface area contributed by atoms with Crippen LogP contribution in [-0.2, 0) is 11.2 Å². The molecule has 0 bridgehead atoms. The highest BCUT2D eigenvalue weighted by Crippen LogP contribution is 2.28. The molecule has 4 nitrogen and oxygen atoms in total. The Labute approximate surface area is 174 Å². The maximum Gasteiger partial charge on any atom is 0.227 e. The van der Waals surface area contributed by atoms with Gasteiger partial charge in [-0.05, 0) is 16.7 Å². The summed E-state index contributed by atoms with van der Waals surface area (Å²) in [5.41, 5.74) is 3.42. The number of nitrogens with zero attached hydrogens (tertiary/aromatic N) is 2. The number of carbonyl (C=O) groups is 1. The molecule has 1 N–H and O–H groups in total. The molecule has 3 aromatic carbocycles. The Morgan fingerprint density at radius 1 is 0.793 bits per heavy atom. The Kier molecular flexibility index (Phi) is 6.07. The summed E-state index contributed by atoms with van der Waals surface area (Å²) < 4.78 is 0. The molecule has 1 aromatic heterocycles. The van der Waals surface area contributed by atoms with Crippen LogP contribution in [0.15, 0.2) is 91.0 Å². The molecule has 1 heterocycles. The van der Waals surface area contributed by atoms with Gasteiger partial charge in [0.2, 0.25) is 11.0 Å². The molecular weight excluding hydrogens is 378 g/mol. The molecule has 0 aliphatic rings. The maximum atomic E-state index is 12.8. The molecule has 0 aliphatic heterocycles. The van der Waals surface area contributed by atoms with Crippen LogP contribution in [-0.4, -0.2) is 16.1 Å². The van der Waals surface area contributed by atoms with E-state index in [-0.39, 0.29) is 11.8 Å². The molecule has 0 unspecified atom stereocenters. The Morgan fingerprint density at radius 2 is 1.34 bits per heavy atom. The fourth-order valence-corrected chi connectivity index (χ4v) is 4.09. The third-order valence-corrected chi connectivity index (χ3v) is 5.54. The van der Waals surface area contributed by atoms with Crippen LogP contribution in [0.3, 0.4) is 0 Å². The number of rotatable bonds is 7. The third kappa shape index (κ3) is 5.15. The molecule has 0 atom stereocenters. The monoisotopic (exact) mass is 399 g/mol. The lowest BCUT2D eigenvalue weighted by Crippen LogP contribution is -2.16. The molecule has 29 heavy (non-hydrogen) atoms. The minimum atomic E-state index is -0.0647. The summed E-state index contributed by atoms with van der Waals surface area (Å²) in [6.45, 7) is 0. The van der Waals surface area contributed by atoms with E-state index in [1.807, 2.05) is 54.6 Å². The first-order valence-electron chi connectivity index (χ1n) is 9.54. The number of hydrogen-bond donors (Lipinski definition) is 1. The average Bonchev–Trinajstić information content (AvgIpc) is 3.20. The van der Waals surface area contributed by atoms with Crippen LogP contribution in [0.2, 0.25) is 0 Å². The summed E-state index contributed by atoms with van der Waals surface area (Å²) in [6.07, 6.45) is 1.06. The van der Waals surface area contributed by atoms with Gasteiger partial charge in [0.05, 0.1) is 0 Å². The number of carbonyl (C=O) groups excluding carboxylic acids is 1. The summed E-state index contributed by atoms with van der Waals surface area (Å²) in [5.74, 6) is -0.0702. The normalized spacial score (nSPS) is 10.8. The van der Waals surface area contributed by atoms with Crippen molar-refractivity contribution in [2.45, 2.75) is 18.8 Å². The number of nitrogens with one attached hydrogen (secondary N) is 1. The lowest BCUT2D eigenvalue weighted by molar-refractivity contribution is -0.116. The lowest BCUT2D eigenvalue weighted by Gasteiger charge is -2.17. The van der Waals surface area contributed by atoms with E-state index in [0.29, 0.717) is 18.0 Å². The number of benzene rings is 3. The first-order chi connectivity index (χ1) is 14.3. The van der Waals surface area contributed by atoms with Gasteiger partial charge in [0.25, 0.3) is 0 Å². The second-order valence-corrected chi connectivity index (χ2v) is 7.85. The standard InChI is InChI=1S/C24H21N3OS/c28-22(25-24-27-26-23(29-24)16-18-10-4-1-5-11-18)17-21(19-12-6-2-7-13-19)20-14-8-3-9-15-20/h1-15,21H,16-17H2,(H,25,27,28). The topological polar surface area (TPSA) is 54.9 Å². The maximum absolute atomic E-state index is 12.8. The Bertz CT molecular complexity index is 1010. The van der Waals surface area contributed by atoms with Gasteiger partial charge in [0, 0.05) is 18.8 Å². The number of amides is 1. The fourth-order valence-electron chi connectivity index (χ4n) is 3.30. The Balaban J connectivity index is 1.45. The summed E-state index contributed by atoms with van der Waals surface area (Å²) in [6, 6.07) is 30.4. The molecule has 144 valence electrons. The van der Waals surface area contributed by atoms with Crippen LogP contribution < -0.4 is 5.32 Å². The van der Waals surface area contributed by atoms with Crippen LogP contribution in [0.5, 0.6) is 0 Å². The molecule has 4 rings (SSSR count). The summed E-state index contributed by atoms with van der Waals surface area (Å²) >= 11 is 1.42. The average molecular weight is 400 g/mol. The van der Waals surface area contributed by atoms with Crippen LogP contribution in [0.4, 0.5) is 5.13 Å². The van der Waals surface area contributed by atoms with Crippen LogP contribution in [0, 0.1) is 0 Å². The van der Waals surface area contributed by atoms with Crippen molar-refractivity contribution in [2.75, 3.05) is 5.32 Å². The van der Waals surface area contributed by atoms with Gasteiger partial charge >= 0.3 is 0 Å². The molecule has 0 fully saturated rings. The highest BCUT2D eigenvalue weighted by Gasteiger charge is 2.19. The van der Waals surface area contributed by atoms with Crippen molar-refractivity contribution in [1.29, 1.82) is 0 Å². The second-order valence-electron chi connectivity index (χ2n) is 6.79. The molecule has 4 aromatic rings. The van der Waals surface area contributed by atoms with Gasteiger partial charge in [0.15, 0.2) is 0 Å². The predicted molar refractivity (Wildman–Crippen MR) is 117 cm³/mol. The van der Waals surface area contributed by atoms with E-state index in [0.717, 1.165) is 16.1 Å². The van der Waals surface area contributed by atoms with E-state index in [1.165, 1.54) is 16.9 Å². The zero-order valence-electron chi connectivity index (χ0n) is 15.9. The van der Waals surface area contributed by atoms with Gasteiger partial charge in [-0.2, -0.15) is 0 Å². The summed E-state index contributed by atoms with van der Waals surface area (Å²) in [7, 11) is 0. The van der Waals surface area contributed by atoms with E-state index < -0.39 is 0 Å². The fraction of sp³-hybridized carbons (Fsp3) is 0.125. The number of hydrogen-bond acceptors (Lipinski definition) is 4. The summed E-state index contributed by atoms with van der Waals surface area (Å²) in [4.78, 5) is 12.8. The third-order valence-electron chi connectivity index (χ3n) is 4.70. The molecule has 1 amide bonds. The van der Waals surface area contributed by atoms with Gasteiger partial charge in [-0.3, -0.25) is 4.79 Å². The van der Waals surface area contributed by atoms with E-state index in [2.05, 4.69) is 51.9 Å². The molecule has 0 aliphatic carbocycles. The van der Waals surface area contributed by atoms with Crippen molar-refractivity contribution < 1.29 is 4.79 Å². The Hall–Kier alpha value is -3.31. The van der Waals surface area contributed by atoms with Gasteiger partial charge in [-0.25, -0.2) is 0 Å². The lowest BCUT2D eigenvalue weighted by atomic mass is 9.88. The van der Waals surface area contributed by atoms with E-state index in [4.69, 9.17) is 0 Å². The van der Waals surface area contributed by atoms with E-state index in [1.54, 1.807) is 0 Å². The predicted octanol–water partition coefficient (Wildman–Crippen LogP) is 5.29. The largest absolute Gasteiger partial charge is 0.300 e. The minimum absolute atomic E-state index is 0.00545. The second kappa shape index (κ2) is 9.26. The van der Waals surface area contributed by atoms with Crippen LogP contribution in [0.1, 0.15) is 34.0 Å². The van der Waals surface area contributed by atoms with Crippen molar-refractivity contribution in [1.82, 2.24) is 10.2 Å². The molecule has 0 saturated heterocycles. The van der Waals surface area contributed by atoms with E-state index in [9.17, 15) is 4.79 Å². The molecule has 0 radical (unpaired) electrons. The van der Waals surface area contributed by atoms with Crippen LogP contribution in [0.25, 0.3) is 0 Å². The van der Waals surface area contributed by atoms with E-state index >= 15 is 0 Å². The zero-order chi connectivity index (χ0) is 19.9. The number of anilines is 1. The quantitative estimate of drug-likeness (QED) is 0.459. The highest BCUT2D eigenvalue weighted by molar-refractivity contribution is 7.15. The first-order valence-corrected chi connectivity index (χ1v) is 10.4. The molecule has 0 spiro atoms. The minimum Gasteiger partial charge on any atom is -0.300 e. The molecule has 0 saturated carbocycles. The van der Waals surface area contributed by atoms with Crippen molar-refractivity contribution in [3.8, 4) is 0 Å². The van der Waals surface area contributed by atoms with Gasteiger partial charge in [0.1, 0.15) is 5.01 Å². The Morgan fingerprint density at radius 3 is 1.93 bits per heavy atom. The van der Waals surface area contributed by atoms with Crippen molar-refractivity contribution in [3.05, 3.63) is 113 Å². The highest BCUT2D eigenvalue weighted by atomic mass is 32.1. The summed E-state index contributed by atoms with van der Waals surface area (Å²) in [5, 5.41) is 12.7. The van der Waals surface area contributed by atoms with Crippen molar-refractivity contribution >= 4 is 22.4 Å². The molecular formula is C24H21N3OS. The SMILES string of the molecule is O=C(CC(c1ccccc1)c1ccccc1)Nc1nnc(Cc2ccccc2)s1. The van der Waals surface area contributed by atoms with Gasteiger partial charge < -0.3 is 5.32 Å². The zero-order valence-corrected chi connectivity index (χ0v) is 16.7. The van der Waals surface area contributed by atoms with Crippen molar-refractivity contribution in [2.24, 2.45) is 0 Å². The van der Waals surface area contributed by atoms with Crippen molar-refractivity contribution in [3.63, 3.8) is 0 Å². The van der Waals surface area contributed by atoms with Gasteiger partial charge in [-0.15, -0.1) is 10.2 Å². The number of aromatic nitrogens is 2.